The Kier molecular flexibility index (Phi) is 6.15. The highest BCUT2D eigenvalue weighted by atomic mass is 16.4. The van der Waals surface area contributed by atoms with Gasteiger partial charge in [-0.3, -0.25) is 14.4 Å². The van der Waals surface area contributed by atoms with Crippen molar-refractivity contribution in [3.05, 3.63) is 23.5 Å². The van der Waals surface area contributed by atoms with Crippen LogP contribution in [0.5, 0.6) is 0 Å². The van der Waals surface area contributed by atoms with E-state index in [-0.39, 0.29) is 18.4 Å². The Morgan fingerprint density at radius 1 is 1.33 bits per heavy atom. The van der Waals surface area contributed by atoms with Crippen LogP contribution in [0.25, 0.3) is 0 Å². The predicted molar refractivity (Wildman–Crippen MR) is 99.7 cm³/mol. The number of aromatic nitrogens is 1. The Balaban J connectivity index is 1.57. The molecule has 2 amide bonds. The third kappa shape index (κ3) is 4.68. The number of carbonyl (C=O) groups excluding carboxylic acids is 2. The van der Waals surface area contributed by atoms with Crippen LogP contribution < -0.4 is 10.6 Å². The maximum atomic E-state index is 12.8. The minimum atomic E-state index is -0.953. The Labute approximate surface area is 158 Å². The fourth-order valence-electron chi connectivity index (χ4n) is 3.65. The van der Waals surface area contributed by atoms with E-state index < -0.39 is 11.9 Å². The van der Waals surface area contributed by atoms with Crippen LogP contribution in [-0.2, 0) is 11.3 Å². The van der Waals surface area contributed by atoms with Gasteiger partial charge < -0.3 is 25.2 Å². The average Bonchev–Trinajstić information content (AvgIpc) is 3.11. The van der Waals surface area contributed by atoms with Gasteiger partial charge >= 0.3 is 5.97 Å². The van der Waals surface area contributed by atoms with Crippen LogP contribution >= 0.6 is 0 Å². The van der Waals surface area contributed by atoms with Gasteiger partial charge in [-0.15, -0.1) is 0 Å². The summed E-state index contributed by atoms with van der Waals surface area (Å²) in [5, 5.41) is 14.9. The molecule has 148 valence electrons. The molecule has 0 spiro atoms. The van der Waals surface area contributed by atoms with E-state index in [0.29, 0.717) is 30.3 Å². The van der Waals surface area contributed by atoms with Gasteiger partial charge in [0, 0.05) is 32.4 Å². The quantitative estimate of drug-likeness (QED) is 0.653. The molecule has 8 heteroatoms. The molecule has 2 aliphatic rings. The van der Waals surface area contributed by atoms with Crippen LogP contribution in [0.1, 0.15) is 47.0 Å². The molecule has 3 rings (SSSR count). The highest BCUT2D eigenvalue weighted by Crippen LogP contribution is 2.20. The van der Waals surface area contributed by atoms with E-state index in [9.17, 15) is 14.4 Å². The molecule has 8 nitrogen and oxygen atoms in total. The number of carboxylic acid groups (broad SMARTS) is 1. The van der Waals surface area contributed by atoms with E-state index in [2.05, 4.69) is 10.6 Å². The molecular weight excluding hydrogens is 348 g/mol. The number of nitrogens with one attached hydrogen (secondary N) is 2. The van der Waals surface area contributed by atoms with Crippen molar-refractivity contribution in [3.8, 4) is 0 Å². The molecule has 27 heavy (non-hydrogen) atoms. The van der Waals surface area contributed by atoms with Crippen molar-refractivity contribution in [2.24, 2.45) is 11.8 Å². The number of amides is 2. The lowest BCUT2D eigenvalue weighted by molar-refractivity contribution is -0.140. The number of carboxylic acids is 1. The smallest absolute Gasteiger partial charge is 0.308 e. The van der Waals surface area contributed by atoms with Gasteiger partial charge in [0.05, 0.1) is 11.5 Å². The van der Waals surface area contributed by atoms with Crippen LogP contribution in [0.2, 0.25) is 0 Å². The van der Waals surface area contributed by atoms with Crippen LogP contribution in [0.4, 0.5) is 0 Å². The third-order valence-corrected chi connectivity index (χ3v) is 5.53. The van der Waals surface area contributed by atoms with Crippen LogP contribution in [0.15, 0.2) is 12.3 Å². The number of hydrogen-bond acceptors (Lipinski definition) is 4. The largest absolute Gasteiger partial charge is 0.481 e. The van der Waals surface area contributed by atoms with Crippen molar-refractivity contribution in [1.82, 2.24) is 20.1 Å². The molecule has 0 unspecified atom stereocenters. The molecule has 1 fully saturated rings. The summed E-state index contributed by atoms with van der Waals surface area (Å²) in [4.78, 5) is 37.8. The molecule has 0 aliphatic carbocycles. The minimum absolute atomic E-state index is 0.0341. The number of hydrogen-bond donors (Lipinski definition) is 3. The zero-order valence-electron chi connectivity index (χ0n) is 15.7. The van der Waals surface area contributed by atoms with Crippen LogP contribution in [0, 0.1) is 11.8 Å². The monoisotopic (exact) mass is 376 g/mol. The lowest BCUT2D eigenvalue weighted by Gasteiger charge is -2.30. The van der Waals surface area contributed by atoms with Gasteiger partial charge in [0.25, 0.3) is 11.8 Å². The van der Waals surface area contributed by atoms with Crippen molar-refractivity contribution < 1.29 is 19.5 Å². The van der Waals surface area contributed by atoms with E-state index in [1.807, 2.05) is 9.47 Å². The second-order valence-corrected chi connectivity index (χ2v) is 7.53. The maximum absolute atomic E-state index is 12.8. The lowest BCUT2D eigenvalue weighted by Crippen LogP contribution is -2.41. The number of nitrogens with zero attached hydrogens (tertiary/aromatic N) is 2. The molecule has 0 bridgehead atoms. The SMILES string of the molecule is C[C@@H](CNC(=O)c1cc2n(c1)CCN(CCC1CCNCC1)C2=O)C(=O)O. The van der Waals surface area contributed by atoms with Crippen LogP contribution in [-0.4, -0.2) is 65.1 Å². The molecule has 2 aliphatic heterocycles. The van der Waals surface area contributed by atoms with E-state index in [1.54, 1.807) is 12.3 Å². The molecule has 3 N–H and O–H groups in total. The normalized spacial score (nSPS) is 18.9. The summed E-state index contributed by atoms with van der Waals surface area (Å²) in [7, 11) is 0. The van der Waals surface area contributed by atoms with Crippen LogP contribution in [0.3, 0.4) is 0 Å². The highest BCUT2D eigenvalue weighted by molar-refractivity contribution is 5.99. The van der Waals surface area contributed by atoms with Gasteiger partial charge in [-0.2, -0.15) is 0 Å². The van der Waals surface area contributed by atoms with Crippen molar-refractivity contribution >= 4 is 17.8 Å². The van der Waals surface area contributed by atoms with Gasteiger partial charge in [-0.1, -0.05) is 6.92 Å². The van der Waals surface area contributed by atoms with E-state index >= 15 is 0 Å². The molecule has 0 saturated carbocycles. The zero-order valence-corrected chi connectivity index (χ0v) is 15.7. The van der Waals surface area contributed by atoms with Gasteiger partial charge in [-0.25, -0.2) is 0 Å². The Hall–Kier alpha value is -2.35. The summed E-state index contributed by atoms with van der Waals surface area (Å²) in [6, 6.07) is 1.61. The summed E-state index contributed by atoms with van der Waals surface area (Å²) in [6.45, 7) is 5.80. The minimum Gasteiger partial charge on any atom is -0.481 e. The second kappa shape index (κ2) is 8.56. The standard InChI is InChI=1S/C19H28N4O4/c1-13(19(26)27)11-21-17(24)15-10-16-18(25)22(8-9-23(16)12-15)7-4-14-2-5-20-6-3-14/h10,12-14,20H,2-9,11H2,1H3,(H,21,24)(H,26,27)/t13-/m0/s1. The topological polar surface area (TPSA) is 104 Å². The molecule has 1 aromatic rings. The first-order valence-corrected chi connectivity index (χ1v) is 9.67. The van der Waals surface area contributed by atoms with E-state index in [1.165, 1.54) is 6.92 Å². The third-order valence-electron chi connectivity index (χ3n) is 5.53. The predicted octanol–water partition coefficient (Wildman–Crippen LogP) is 0.784. The van der Waals surface area contributed by atoms with Crippen molar-refractivity contribution in [1.29, 1.82) is 0 Å². The summed E-state index contributed by atoms with van der Waals surface area (Å²) >= 11 is 0. The Bertz CT molecular complexity index is 709. The summed E-state index contributed by atoms with van der Waals surface area (Å²) in [5.41, 5.74) is 0.930. The molecule has 1 saturated heterocycles. The number of rotatable bonds is 7. The fraction of sp³-hybridized carbons (Fsp3) is 0.632. The van der Waals surface area contributed by atoms with Crippen molar-refractivity contribution in [3.63, 3.8) is 0 Å². The molecule has 1 atom stereocenters. The molecule has 0 aromatic carbocycles. The Morgan fingerprint density at radius 3 is 2.78 bits per heavy atom. The molecule has 0 radical (unpaired) electrons. The van der Waals surface area contributed by atoms with E-state index in [0.717, 1.165) is 38.9 Å². The van der Waals surface area contributed by atoms with Gasteiger partial charge in [0.15, 0.2) is 0 Å². The fourth-order valence-corrected chi connectivity index (χ4v) is 3.65. The first kappa shape index (κ1) is 19.4. The Morgan fingerprint density at radius 2 is 2.07 bits per heavy atom. The number of fused-ring (bicyclic) bond motifs is 1. The van der Waals surface area contributed by atoms with E-state index in [4.69, 9.17) is 5.11 Å². The molecule has 3 heterocycles. The lowest BCUT2D eigenvalue weighted by atomic mass is 9.94. The molecular formula is C19H28N4O4. The van der Waals surface area contributed by atoms with Gasteiger partial charge in [0.2, 0.25) is 0 Å². The summed E-state index contributed by atoms with van der Waals surface area (Å²) in [6.07, 6.45) is 5.03. The van der Waals surface area contributed by atoms with Crippen molar-refractivity contribution in [2.75, 3.05) is 32.7 Å². The average molecular weight is 376 g/mol. The zero-order chi connectivity index (χ0) is 19.4. The highest BCUT2D eigenvalue weighted by Gasteiger charge is 2.27. The number of aliphatic carboxylic acids is 1. The first-order chi connectivity index (χ1) is 13.0. The first-order valence-electron chi connectivity index (χ1n) is 9.67. The van der Waals surface area contributed by atoms with Crippen molar-refractivity contribution in [2.45, 2.75) is 32.7 Å². The summed E-state index contributed by atoms with van der Waals surface area (Å²) < 4.78 is 1.82. The number of piperidine rings is 1. The summed E-state index contributed by atoms with van der Waals surface area (Å²) in [5.74, 6) is -1.32. The van der Waals surface area contributed by atoms with Gasteiger partial charge in [0.1, 0.15) is 5.69 Å². The maximum Gasteiger partial charge on any atom is 0.308 e. The van der Waals surface area contributed by atoms with Gasteiger partial charge in [-0.05, 0) is 44.3 Å². The second-order valence-electron chi connectivity index (χ2n) is 7.53. The molecule has 1 aromatic heterocycles. The number of carbonyl (C=O) groups is 3.